The highest BCUT2D eigenvalue weighted by atomic mass is 32.2. The van der Waals surface area contributed by atoms with Crippen LogP contribution >= 0.6 is 11.3 Å². The fourth-order valence-corrected chi connectivity index (χ4v) is 6.09. The Morgan fingerprint density at radius 3 is 2.74 bits per heavy atom. The lowest BCUT2D eigenvalue weighted by atomic mass is 10.0. The first kappa shape index (κ1) is 28.4. The molecule has 39 heavy (non-hydrogen) atoms. The number of nitrogens with two attached hydrogens (primary N) is 2. The van der Waals surface area contributed by atoms with Crippen LogP contribution in [-0.2, 0) is 22.0 Å². The largest absolute Gasteiger partial charge is 0.497 e. The SMILES string of the molecule is COc1ccc2nc(C(Cc3cccc(C(=N)N)c3)NCS(=O)c3cccc(NC(=O)CCCN)c3)sc2c1. The molecular formula is C28H32N6O3S2. The van der Waals surface area contributed by atoms with E-state index in [4.69, 9.17) is 26.6 Å². The second kappa shape index (κ2) is 13.4. The normalized spacial score (nSPS) is 12.7. The number of carbonyl (C=O) groups excluding carboxylic acids is 1. The number of ether oxygens (including phenoxy) is 1. The minimum atomic E-state index is -1.38. The molecule has 4 rings (SSSR count). The molecule has 1 amide bonds. The molecule has 2 atom stereocenters. The smallest absolute Gasteiger partial charge is 0.224 e. The van der Waals surface area contributed by atoms with E-state index in [1.807, 2.05) is 36.4 Å². The summed E-state index contributed by atoms with van der Waals surface area (Å²) in [6.07, 6.45) is 1.51. The van der Waals surface area contributed by atoms with Gasteiger partial charge < -0.3 is 21.5 Å². The number of rotatable bonds is 13. The van der Waals surface area contributed by atoms with Gasteiger partial charge in [0, 0.05) is 22.6 Å². The lowest BCUT2D eigenvalue weighted by Gasteiger charge is -2.17. The van der Waals surface area contributed by atoms with Crippen LogP contribution in [0.4, 0.5) is 5.69 Å². The van der Waals surface area contributed by atoms with Crippen molar-refractivity contribution < 1.29 is 13.7 Å². The van der Waals surface area contributed by atoms with Crippen LogP contribution < -0.4 is 26.8 Å². The molecule has 4 aromatic rings. The summed E-state index contributed by atoms with van der Waals surface area (Å²) in [5.74, 6) is 0.819. The monoisotopic (exact) mass is 564 g/mol. The van der Waals surface area contributed by atoms with E-state index in [-0.39, 0.29) is 23.7 Å². The fraction of sp³-hybridized carbons (Fsp3) is 0.250. The Kier molecular flexibility index (Phi) is 9.77. The molecule has 3 aromatic carbocycles. The van der Waals surface area contributed by atoms with Crippen LogP contribution in [0.5, 0.6) is 5.75 Å². The van der Waals surface area contributed by atoms with E-state index in [1.165, 1.54) is 0 Å². The summed E-state index contributed by atoms with van der Waals surface area (Å²) in [6.45, 7) is 0.450. The van der Waals surface area contributed by atoms with Gasteiger partial charge in [-0.15, -0.1) is 11.3 Å². The van der Waals surface area contributed by atoms with E-state index in [1.54, 1.807) is 48.8 Å². The fourth-order valence-electron chi connectivity index (χ4n) is 4.01. The molecule has 2 unspecified atom stereocenters. The van der Waals surface area contributed by atoms with Crippen molar-refractivity contribution in [1.82, 2.24) is 10.3 Å². The lowest BCUT2D eigenvalue weighted by molar-refractivity contribution is -0.116. The third-order valence-electron chi connectivity index (χ3n) is 6.04. The molecule has 0 saturated carbocycles. The molecule has 0 spiro atoms. The van der Waals surface area contributed by atoms with Gasteiger partial charge >= 0.3 is 0 Å². The number of nitrogens with one attached hydrogen (secondary N) is 3. The number of hydrogen-bond acceptors (Lipinski definition) is 8. The van der Waals surface area contributed by atoms with Crippen LogP contribution in [0.3, 0.4) is 0 Å². The average molecular weight is 565 g/mol. The van der Waals surface area contributed by atoms with Crippen LogP contribution in [0.25, 0.3) is 10.2 Å². The number of hydrogen-bond donors (Lipinski definition) is 5. The molecule has 1 aromatic heterocycles. The van der Waals surface area contributed by atoms with Crippen LogP contribution in [0, 0.1) is 5.41 Å². The molecule has 0 aliphatic heterocycles. The number of nitrogens with zero attached hydrogens (tertiary/aromatic N) is 1. The minimum absolute atomic E-state index is 0.00421. The molecular weight excluding hydrogens is 532 g/mol. The molecule has 0 fully saturated rings. The van der Waals surface area contributed by atoms with Crippen molar-refractivity contribution >= 4 is 49.8 Å². The second-order valence-electron chi connectivity index (χ2n) is 8.92. The molecule has 204 valence electrons. The molecule has 0 aliphatic rings. The van der Waals surface area contributed by atoms with Crippen LogP contribution in [0.1, 0.15) is 35.0 Å². The molecule has 0 aliphatic carbocycles. The van der Waals surface area contributed by atoms with Crippen molar-refractivity contribution in [2.45, 2.75) is 30.2 Å². The minimum Gasteiger partial charge on any atom is -0.497 e. The van der Waals surface area contributed by atoms with Crippen molar-refractivity contribution in [3.63, 3.8) is 0 Å². The highest BCUT2D eigenvalue weighted by molar-refractivity contribution is 7.85. The standard InChI is InChI=1S/C28H32N6O3S2/c1-37-21-10-11-23-25(16-21)38-28(34-23)24(14-18-5-2-6-19(13-18)27(30)31)32-17-39(36)22-8-3-7-20(15-22)33-26(35)9-4-12-29/h2-3,5-8,10-11,13,15-16,24,32H,4,9,12,14,17,29H2,1H3,(H3,30,31)(H,33,35). The van der Waals surface area contributed by atoms with E-state index in [9.17, 15) is 9.00 Å². The van der Waals surface area contributed by atoms with Crippen LogP contribution in [0.2, 0.25) is 0 Å². The maximum absolute atomic E-state index is 13.3. The highest BCUT2D eigenvalue weighted by Crippen LogP contribution is 2.31. The molecule has 11 heteroatoms. The van der Waals surface area contributed by atoms with Gasteiger partial charge in [0.25, 0.3) is 0 Å². The predicted octanol–water partition coefficient (Wildman–Crippen LogP) is 3.91. The van der Waals surface area contributed by atoms with Crippen molar-refractivity contribution in [1.29, 1.82) is 5.41 Å². The number of aromatic nitrogens is 1. The number of fused-ring (bicyclic) bond motifs is 1. The maximum atomic E-state index is 13.3. The van der Waals surface area contributed by atoms with Crippen molar-refractivity contribution in [2.24, 2.45) is 11.5 Å². The third kappa shape index (κ3) is 7.70. The molecule has 0 radical (unpaired) electrons. The zero-order valence-electron chi connectivity index (χ0n) is 21.6. The zero-order chi connectivity index (χ0) is 27.8. The molecule has 7 N–H and O–H groups in total. The summed E-state index contributed by atoms with van der Waals surface area (Å²) in [6, 6.07) is 20.1. The van der Waals surface area contributed by atoms with Gasteiger partial charge in [0.2, 0.25) is 5.91 Å². The number of thiazole rings is 1. The molecule has 0 saturated heterocycles. The second-order valence-corrected chi connectivity index (χ2v) is 11.4. The van der Waals surface area contributed by atoms with Gasteiger partial charge in [0.1, 0.15) is 16.6 Å². The van der Waals surface area contributed by atoms with Gasteiger partial charge in [-0.25, -0.2) is 4.98 Å². The Balaban J connectivity index is 1.54. The Bertz CT molecular complexity index is 1490. The predicted molar refractivity (Wildman–Crippen MR) is 158 cm³/mol. The quantitative estimate of drug-likeness (QED) is 0.122. The van der Waals surface area contributed by atoms with E-state index in [0.717, 1.165) is 26.5 Å². The highest BCUT2D eigenvalue weighted by Gasteiger charge is 2.19. The van der Waals surface area contributed by atoms with Crippen molar-refractivity contribution in [3.8, 4) is 5.75 Å². The van der Waals surface area contributed by atoms with E-state index < -0.39 is 10.8 Å². The van der Waals surface area contributed by atoms with Gasteiger partial charge in [-0.2, -0.15) is 0 Å². The number of amidine groups is 1. The zero-order valence-corrected chi connectivity index (χ0v) is 23.2. The Hall–Kier alpha value is -3.64. The Morgan fingerprint density at radius 1 is 1.15 bits per heavy atom. The van der Waals surface area contributed by atoms with Gasteiger partial charge in [-0.3, -0.25) is 19.7 Å². The first-order chi connectivity index (χ1) is 18.9. The van der Waals surface area contributed by atoms with Gasteiger partial charge in [0.05, 0.1) is 40.0 Å². The van der Waals surface area contributed by atoms with E-state index >= 15 is 0 Å². The maximum Gasteiger partial charge on any atom is 0.224 e. The van der Waals surface area contributed by atoms with E-state index in [0.29, 0.717) is 42.0 Å². The molecule has 9 nitrogen and oxygen atoms in total. The summed E-state index contributed by atoms with van der Waals surface area (Å²) in [5.41, 5.74) is 14.3. The van der Waals surface area contributed by atoms with Gasteiger partial charge in [0.15, 0.2) is 0 Å². The summed E-state index contributed by atoms with van der Waals surface area (Å²) in [7, 11) is 0.250. The molecule has 0 bridgehead atoms. The number of nitrogen functional groups attached to an aromatic ring is 1. The van der Waals surface area contributed by atoms with E-state index in [2.05, 4.69) is 10.6 Å². The Labute approximate surface area is 233 Å². The van der Waals surface area contributed by atoms with Crippen LogP contribution in [-0.4, -0.2) is 40.5 Å². The summed E-state index contributed by atoms with van der Waals surface area (Å²) in [5, 5.41) is 14.9. The number of carbonyl (C=O) groups is 1. The average Bonchev–Trinajstić information content (AvgIpc) is 3.37. The summed E-state index contributed by atoms with van der Waals surface area (Å²) >= 11 is 1.55. The van der Waals surface area contributed by atoms with Gasteiger partial charge in [-0.1, -0.05) is 24.3 Å². The Morgan fingerprint density at radius 2 is 1.97 bits per heavy atom. The summed E-state index contributed by atoms with van der Waals surface area (Å²) < 4.78 is 19.6. The first-order valence-electron chi connectivity index (χ1n) is 12.5. The lowest BCUT2D eigenvalue weighted by Crippen LogP contribution is -2.27. The van der Waals surface area contributed by atoms with Crippen molar-refractivity contribution in [2.75, 3.05) is 24.8 Å². The number of anilines is 1. The van der Waals surface area contributed by atoms with Crippen molar-refractivity contribution in [3.05, 3.63) is 82.9 Å². The third-order valence-corrected chi connectivity index (χ3v) is 8.38. The first-order valence-corrected chi connectivity index (χ1v) is 14.6. The molecule has 1 heterocycles. The topological polar surface area (TPSA) is 156 Å². The number of methoxy groups -OCH3 is 1. The van der Waals surface area contributed by atoms with Crippen LogP contribution in [0.15, 0.2) is 71.6 Å². The van der Waals surface area contributed by atoms with Gasteiger partial charge in [-0.05, 0) is 67.4 Å². The summed E-state index contributed by atoms with van der Waals surface area (Å²) in [4.78, 5) is 17.5. The number of benzene rings is 3. The number of amides is 1.